The van der Waals surface area contributed by atoms with Gasteiger partial charge in [0.2, 0.25) is 11.8 Å². The van der Waals surface area contributed by atoms with Crippen LogP contribution in [0.15, 0.2) is 59.6 Å². The number of halogens is 3. The number of carbonyl (C=O) groups is 2. The van der Waals surface area contributed by atoms with Gasteiger partial charge >= 0.3 is 6.18 Å². The average Bonchev–Trinajstić information content (AvgIpc) is 2.71. The molecule has 2 amide bonds. The van der Waals surface area contributed by atoms with Crippen molar-refractivity contribution in [2.45, 2.75) is 31.3 Å². The van der Waals surface area contributed by atoms with Crippen molar-refractivity contribution in [3.63, 3.8) is 0 Å². The van der Waals surface area contributed by atoms with E-state index in [1.54, 1.807) is 6.92 Å². The lowest BCUT2D eigenvalue weighted by atomic mass is 10.2. The lowest BCUT2D eigenvalue weighted by molar-refractivity contribution is -0.137. The van der Waals surface area contributed by atoms with E-state index in [4.69, 9.17) is 0 Å². The number of amidine groups is 1. The third-order valence-electron chi connectivity index (χ3n) is 4.36. The number of carbonyl (C=O) groups excluding carboxylic acids is 2. The monoisotopic (exact) mass is 435 g/mol. The van der Waals surface area contributed by atoms with Crippen molar-refractivity contribution in [1.82, 2.24) is 10.2 Å². The fraction of sp³-hybridized carbons (Fsp3) is 0.286. The van der Waals surface area contributed by atoms with Gasteiger partial charge in [-0.15, -0.1) is 0 Å². The SMILES string of the molecule is CCNC(=O)C1CC(=O)N(Cc2ccccc2)C(=Nc2cccc(C(F)(F)F)c2)S1. The molecule has 5 nitrogen and oxygen atoms in total. The molecule has 2 aromatic carbocycles. The lowest BCUT2D eigenvalue weighted by Crippen LogP contribution is -2.46. The third kappa shape index (κ3) is 5.41. The summed E-state index contributed by atoms with van der Waals surface area (Å²) in [5.74, 6) is -0.605. The Morgan fingerprint density at radius 3 is 2.60 bits per heavy atom. The summed E-state index contributed by atoms with van der Waals surface area (Å²) < 4.78 is 39.2. The maximum atomic E-state index is 13.1. The summed E-state index contributed by atoms with van der Waals surface area (Å²) in [6, 6.07) is 13.8. The van der Waals surface area contributed by atoms with E-state index < -0.39 is 17.0 Å². The van der Waals surface area contributed by atoms with Gasteiger partial charge in [0.15, 0.2) is 5.17 Å². The van der Waals surface area contributed by atoms with Gasteiger partial charge in [-0.2, -0.15) is 13.2 Å². The molecule has 1 fully saturated rings. The Balaban J connectivity index is 1.96. The van der Waals surface area contributed by atoms with Crippen LogP contribution in [0.1, 0.15) is 24.5 Å². The summed E-state index contributed by atoms with van der Waals surface area (Å²) >= 11 is 1.08. The van der Waals surface area contributed by atoms with Crippen molar-refractivity contribution in [2.75, 3.05) is 6.54 Å². The fourth-order valence-corrected chi connectivity index (χ4v) is 4.04. The first-order chi connectivity index (χ1) is 14.3. The predicted molar refractivity (Wildman–Crippen MR) is 110 cm³/mol. The normalized spacial score (nSPS) is 18.5. The topological polar surface area (TPSA) is 61.8 Å². The van der Waals surface area contributed by atoms with Crippen LogP contribution in [0.25, 0.3) is 0 Å². The van der Waals surface area contributed by atoms with Gasteiger partial charge in [-0.05, 0) is 30.7 Å². The summed E-state index contributed by atoms with van der Waals surface area (Å²) in [6.45, 7) is 2.40. The first-order valence-corrected chi connectivity index (χ1v) is 10.2. The molecule has 3 rings (SSSR count). The van der Waals surface area contributed by atoms with E-state index in [1.807, 2.05) is 30.3 Å². The quantitative estimate of drug-likeness (QED) is 0.759. The van der Waals surface area contributed by atoms with E-state index in [0.29, 0.717) is 6.54 Å². The second-order valence-corrected chi connectivity index (χ2v) is 7.78. The zero-order chi connectivity index (χ0) is 21.7. The highest BCUT2D eigenvalue weighted by Gasteiger charge is 2.36. The molecule has 0 bridgehead atoms. The van der Waals surface area contributed by atoms with Crippen molar-refractivity contribution in [2.24, 2.45) is 4.99 Å². The lowest BCUT2D eigenvalue weighted by Gasteiger charge is -2.31. The number of alkyl halides is 3. The molecule has 1 heterocycles. The summed E-state index contributed by atoms with van der Waals surface area (Å²) in [4.78, 5) is 30.8. The standard InChI is InChI=1S/C21H20F3N3O2S/c1-2-25-19(29)17-12-18(28)27(13-14-7-4-3-5-8-14)20(30-17)26-16-10-6-9-15(11-16)21(22,23)24/h3-11,17H,2,12-13H2,1H3,(H,25,29). The molecule has 0 spiro atoms. The second-order valence-electron chi connectivity index (χ2n) is 6.61. The van der Waals surface area contributed by atoms with Crippen LogP contribution < -0.4 is 5.32 Å². The highest BCUT2D eigenvalue weighted by Crippen LogP contribution is 2.34. The van der Waals surface area contributed by atoms with Crippen molar-refractivity contribution >= 4 is 34.4 Å². The van der Waals surface area contributed by atoms with Gasteiger partial charge in [0.25, 0.3) is 0 Å². The molecule has 0 aromatic heterocycles. The third-order valence-corrected chi connectivity index (χ3v) is 5.55. The number of hydrogen-bond acceptors (Lipinski definition) is 4. The highest BCUT2D eigenvalue weighted by atomic mass is 32.2. The van der Waals surface area contributed by atoms with Crippen molar-refractivity contribution in [1.29, 1.82) is 0 Å². The Morgan fingerprint density at radius 2 is 1.93 bits per heavy atom. The van der Waals surface area contributed by atoms with Crippen molar-refractivity contribution in [3.8, 4) is 0 Å². The summed E-state index contributed by atoms with van der Waals surface area (Å²) in [7, 11) is 0. The molecule has 0 aliphatic carbocycles. The summed E-state index contributed by atoms with van der Waals surface area (Å²) in [5, 5.41) is 2.19. The first-order valence-electron chi connectivity index (χ1n) is 9.32. The van der Waals surface area contributed by atoms with Crippen LogP contribution in [-0.2, 0) is 22.3 Å². The van der Waals surface area contributed by atoms with E-state index in [2.05, 4.69) is 10.3 Å². The van der Waals surface area contributed by atoms with Gasteiger partial charge in [-0.1, -0.05) is 48.2 Å². The minimum absolute atomic E-state index is 0.00898. The summed E-state index contributed by atoms with van der Waals surface area (Å²) in [5.41, 5.74) is 0.0840. The summed E-state index contributed by atoms with van der Waals surface area (Å²) in [6.07, 6.45) is -4.51. The van der Waals surface area contributed by atoms with E-state index in [-0.39, 0.29) is 35.6 Å². The molecule has 158 valence electrons. The number of hydrogen-bond donors (Lipinski definition) is 1. The maximum Gasteiger partial charge on any atom is 0.416 e. The van der Waals surface area contributed by atoms with E-state index in [0.717, 1.165) is 29.5 Å². The Labute approximate surface area is 176 Å². The molecular weight excluding hydrogens is 415 g/mol. The molecule has 0 radical (unpaired) electrons. The van der Waals surface area contributed by atoms with E-state index in [9.17, 15) is 22.8 Å². The molecule has 0 saturated carbocycles. The van der Waals surface area contributed by atoms with Gasteiger partial charge < -0.3 is 5.32 Å². The minimum atomic E-state index is -4.50. The van der Waals surface area contributed by atoms with Crippen molar-refractivity contribution in [3.05, 3.63) is 65.7 Å². The Bertz CT molecular complexity index is 948. The molecule has 1 N–H and O–H groups in total. The number of nitrogens with zero attached hydrogens (tertiary/aromatic N) is 2. The Hall–Kier alpha value is -2.81. The average molecular weight is 435 g/mol. The largest absolute Gasteiger partial charge is 0.416 e. The zero-order valence-corrected chi connectivity index (χ0v) is 17.0. The van der Waals surface area contributed by atoms with Crippen LogP contribution >= 0.6 is 11.8 Å². The molecule has 1 atom stereocenters. The first kappa shape index (κ1) is 21.9. The van der Waals surface area contributed by atoms with Crippen LogP contribution in [0, 0.1) is 0 Å². The zero-order valence-electron chi connectivity index (χ0n) is 16.1. The number of nitrogens with one attached hydrogen (secondary N) is 1. The minimum Gasteiger partial charge on any atom is -0.355 e. The molecule has 1 aliphatic heterocycles. The van der Waals surface area contributed by atoms with Crippen molar-refractivity contribution < 1.29 is 22.8 Å². The number of thioether (sulfide) groups is 1. The van der Waals surface area contributed by atoms with Crippen LogP contribution in [0.5, 0.6) is 0 Å². The van der Waals surface area contributed by atoms with Gasteiger partial charge in [-0.25, -0.2) is 4.99 Å². The van der Waals surface area contributed by atoms with Gasteiger partial charge in [-0.3, -0.25) is 14.5 Å². The van der Waals surface area contributed by atoms with Gasteiger partial charge in [0.1, 0.15) is 0 Å². The highest BCUT2D eigenvalue weighted by molar-refractivity contribution is 8.15. The Kier molecular flexibility index (Phi) is 6.81. The van der Waals surface area contributed by atoms with Crippen LogP contribution in [0.2, 0.25) is 0 Å². The van der Waals surface area contributed by atoms with Crippen LogP contribution in [0.3, 0.4) is 0 Å². The molecule has 30 heavy (non-hydrogen) atoms. The number of amides is 2. The molecule has 9 heteroatoms. The number of benzene rings is 2. The fourth-order valence-electron chi connectivity index (χ4n) is 2.91. The van der Waals surface area contributed by atoms with E-state index in [1.165, 1.54) is 17.0 Å². The van der Waals surface area contributed by atoms with Gasteiger partial charge in [0, 0.05) is 13.0 Å². The molecule has 1 aliphatic rings. The molecule has 2 aromatic rings. The van der Waals surface area contributed by atoms with Gasteiger partial charge in [0.05, 0.1) is 23.0 Å². The Morgan fingerprint density at radius 1 is 1.20 bits per heavy atom. The molecule has 1 unspecified atom stereocenters. The maximum absolute atomic E-state index is 13.1. The van der Waals surface area contributed by atoms with Crippen LogP contribution in [0.4, 0.5) is 18.9 Å². The number of rotatable bonds is 5. The predicted octanol–water partition coefficient (Wildman–Crippen LogP) is 4.36. The van der Waals surface area contributed by atoms with E-state index >= 15 is 0 Å². The molecular formula is C21H20F3N3O2S. The number of aliphatic imine (C=N–C) groups is 1. The van der Waals surface area contributed by atoms with Crippen LogP contribution in [-0.4, -0.2) is 33.7 Å². The smallest absolute Gasteiger partial charge is 0.355 e. The molecule has 1 saturated heterocycles. The second kappa shape index (κ2) is 9.34.